The van der Waals surface area contributed by atoms with Crippen LogP contribution in [0.15, 0.2) is 29.4 Å². The maximum atomic E-state index is 13.8. The average Bonchev–Trinajstić information content (AvgIpc) is 2.64. The van der Waals surface area contributed by atoms with Gasteiger partial charge in [-0.1, -0.05) is 23.7 Å². The van der Waals surface area contributed by atoms with Gasteiger partial charge in [-0.25, -0.2) is 9.59 Å². The smallest absolute Gasteiger partial charge is 0.461 e. The van der Waals surface area contributed by atoms with Crippen LogP contribution in [0.25, 0.3) is 0 Å². The summed E-state index contributed by atoms with van der Waals surface area (Å²) in [5.41, 5.74) is -5.40. The molecule has 2 N–H and O–H groups in total. The van der Waals surface area contributed by atoms with Crippen molar-refractivity contribution in [3.63, 3.8) is 0 Å². The molecule has 0 spiro atoms. The second kappa shape index (κ2) is 10.6. The number of halogens is 7. The zero-order chi connectivity index (χ0) is 23.9. The molecule has 1 unspecified atom stereocenters. The molecule has 1 rings (SSSR count). The van der Waals surface area contributed by atoms with Gasteiger partial charge in [0.1, 0.15) is 5.17 Å². The molecule has 14 heteroatoms. The Morgan fingerprint density at radius 3 is 2.10 bits per heavy atom. The van der Waals surface area contributed by atoms with Gasteiger partial charge in [0.2, 0.25) is 0 Å². The molecule has 0 fully saturated rings. The minimum Gasteiger partial charge on any atom is -0.461 e. The van der Waals surface area contributed by atoms with Crippen molar-refractivity contribution in [3.8, 4) is 0 Å². The van der Waals surface area contributed by atoms with Gasteiger partial charge in [0.15, 0.2) is 0 Å². The van der Waals surface area contributed by atoms with Crippen LogP contribution in [0.1, 0.15) is 32.3 Å². The molecule has 0 saturated carbocycles. The Morgan fingerprint density at radius 2 is 1.65 bits per heavy atom. The molecular weight excluding hydrogens is 460 g/mol. The predicted molar refractivity (Wildman–Crippen MR) is 98.3 cm³/mol. The molecule has 0 radical (unpaired) electrons. The van der Waals surface area contributed by atoms with Crippen LogP contribution in [0.2, 0.25) is 0 Å². The van der Waals surface area contributed by atoms with E-state index in [-0.39, 0.29) is 12.1 Å². The number of oxime groups is 1. The van der Waals surface area contributed by atoms with Gasteiger partial charge in [0, 0.05) is 12.1 Å². The highest BCUT2D eigenvalue weighted by Crippen LogP contribution is 2.34. The van der Waals surface area contributed by atoms with Crippen molar-refractivity contribution in [2.24, 2.45) is 5.16 Å². The summed E-state index contributed by atoms with van der Waals surface area (Å²) in [5.74, 6) is -2.03. The summed E-state index contributed by atoms with van der Waals surface area (Å²) in [4.78, 5) is 28.5. The number of esters is 1. The van der Waals surface area contributed by atoms with Crippen molar-refractivity contribution >= 4 is 34.5 Å². The van der Waals surface area contributed by atoms with E-state index in [0.29, 0.717) is 18.6 Å². The first-order valence-corrected chi connectivity index (χ1v) is 9.05. The lowest BCUT2D eigenvalue weighted by Gasteiger charge is -2.31. The maximum Gasteiger partial charge on any atom is 0.463 e. The number of ether oxygens (including phenoxy) is 1. The first-order chi connectivity index (χ1) is 14.3. The summed E-state index contributed by atoms with van der Waals surface area (Å²) in [6.07, 6.45) is -9.79. The first-order valence-electron chi connectivity index (χ1n) is 8.67. The molecule has 1 aromatic carbocycles. The number of carbonyl (C=O) groups excluding carboxylic acids is 2. The Morgan fingerprint density at radius 1 is 1.06 bits per heavy atom. The lowest BCUT2D eigenvalue weighted by Crippen LogP contribution is -2.66. The lowest BCUT2D eigenvalue weighted by molar-refractivity contribution is -0.284. The molecule has 7 nitrogen and oxygen atoms in total. The molecule has 1 aromatic rings. The number of anilines is 1. The van der Waals surface area contributed by atoms with Crippen molar-refractivity contribution in [2.45, 2.75) is 44.8 Å². The molecule has 31 heavy (non-hydrogen) atoms. The lowest BCUT2D eigenvalue weighted by atomic mass is 10.2. The number of hydrogen-bond acceptors (Lipinski definition) is 5. The summed E-state index contributed by atoms with van der Waals surface area (Å²) in [6, 6.07) is 1.18. The van der Waals surface area contributed by atoms with E-state index in [4.69, 9.17) is 11.6 Å². The van der Waals surface area contributed by atoms with Crippen LogP contribution < -0.4 is 10.6 Å². The van der Waals surface area contributed by atoms with Gasteiger partial charge in [-0.05, 0) is 37.6 Å². The second-order valence-corrected chi connectivity index (χ2v) is 6.30. The van der Waals surface area contributed by atoms with Crippen LogP contribution in [-0.4, -0.2) is 35.7 Å². The fourth-order valence-electron chi connectivity index (χ4n) is 2.02. The number of hydrogen-bond donors (Lipinski definition) is 2. The molecule has 0 saturated heterocycles. The number of rotatable bonds is 8. The molecule has 1 atom stereocenters. The van der Waals surface area contributed by atoms with Gasteiger partial charge < -0.3 is 14.9 Å². The van der Waals surface area contributed by atoms with Crippen LogP contribution >= 0.6 is 11.6 Å². The van der Waals surface area contributed by atoms with Gasteiger partial charge in [-0.2, -0.15) is 26.3 Å². The first kappa shape index (κ1) is 26.3. The van der Waals surface area contributed by atoms with Crippen molar-refractivity contribution in [2.75, 3.05) is 11.9 Å². The molecule has 0 aliphatic heterocycles. The molecule has 174 valence electrons. The molecule has 2 amide bonds. The third kappa shape index (κ3) is 7.19. The summed E-state index contributed by atoms with van der Waals surface area (Å²) >= 11 is 5.62. The number of nitrogens with zero attached hydrogens (tertiary/aromatic N) is 1. The van der Waals surface area contributed by atoms with Crippen LogP contribution in [0, 0.1) is 0 Å². The van der Waals surface area contributed by atoms with Gasteiger partial charge >= 0.3 is 30.1 Å². The van der Waals surface area contributed by atoms with E-state index in [0.717, 1.165) is 12.1 Å². The van der Waals surface area contributed by atoms with Crippen LogP contribution in [0.4, 0.5) is 36.8 Å². The van der Waals surface area contributed by atoms with E-state index in [1.165, 1.54) is 12.2 Å². The quantitative estimate of drug-likeness (QED) is 0.181. The van der Waals surface area contributed by atoms with E-state index in [2.05, 4.69) is 14.7 Å². The number of nitrogens with one attached hydrogen (secondary N) is 2. The number of carbonyl (C=O) groups is 2. The van der Waals surface area contributed by atoms with Gasteiger partial charge in [0.05, 0.1) is 12.2 Å². The van der Waals surface area contributed by atoms with Crippen molar-refractivity contribution in [1.82, 2.24) is 5.32 Å². The average molecular weight is 478 g/mol. The standard InChI is InChI=1S/C17H18ClF6N3O4/c1-3-5-12(18)27-31-15(17(22,23)24,13(28)30-4-2)26-14(29)25-11-8-6-10(7-9-11)16(19,20)21/h6-9H,3-5H2,1-2H3,(H2,25,26,29)/b27-12-. The summed E-state index contributed by atoms with van der Waals surface area (Å²) in [5, 5.41) is 5.79. The minimum atomic E-state index is -5.55. The largest absolute Gasteiger partial charge is 0.463 e. The summed E-state index contributed by atoms with van der Waals surface area (Å²) in [6.45, 7) is 2.37. The van der Waals surface area contributed by atoms with Crippen molar-refractivity contribution in [1.29, 1.82) is 0 Å². The molecular formula is C17H18ClF6N3O4. The van der Waals surface area contributed by atoms with Gasteiger partial charge in [-0.3, -0.25) is 5.32 Å². The Labute approximate surface area is 177 Å². The predicted octanol–water partition coefficient (Wildman–Crippen LogP) is 5.02. The van der Waals surface area contributed by atoms with E-state index in [9.17, 15) is 35.9 Å². The fraction of sp³-hybridized carbons (Fsp3) is 0.471. The molecule has 0 bridgehead atoms. The molecule has 0 aliphatic carbocycles. The fourth-order valence-corrected chi connectivity index (χ4v) is 2.24. The zero-order valence-electron chi connectivity index (χ0n) is 16.2. The highest BCUT2D eigenvalue weighted by atomic mass is 35.5. The van der Waals surface area contributed by atoms with E-state index in [1.807, 2.05) is 5.32 Å². The van der Waals surface area contributed by atoms with E-state index in [1.54, 1.807) is 6.92 Å². The Bertz CT molecular complexity index is 799. The van der Waals surface area contributed by atoms with Crippen LogP contribution in [0.3, 0.4) is 0 Å². The highest BCUT2D eigenvalue weighted by Gasteiger charge is 2.67. The summed E-state index contributed by atoms with van der Waals surface area (Å²) in [7, 11) is 0. The molecule has 0 aromatic heterocycles. The zero-order valence-corrected chi connectivity index (χ0v) is 16.9. The number of amides is 2. The maximum absolute atomic E-state index is 13.8. The topological polar surface area (TPSA) is 89.0 Å². The third-order valence-corrected chi connectivity index (χ3v) is 3.72. The van der Waals surface area contributed by atoms with Crippen LogP contribution in [0.5, 0.6) is 0 Å². The molecule has 0 heterocycles. The number of alkyl halides is 6. The Kier molecular flexibility index (Phi) is 8.97. The Hall–Kier alpha value is -2.70. The Balaban J connectivity index is 3.18. The molecule has 0 aliphatic rings. The second-order valence-electron chi connectivity index (χ2n) is 5.86. The van der Waals surface area contributed by atoms with Gasteiger partial charge in [0.25, 0.3) is 0 Å². The highest BCUT2D eigenvalue weighted by molar-refractivity contribution is 6.65. The third-order valence-electron chi connectivity index (χ3n) is 3.46. The van der Waals surface area contributed by atoms with E-state index >= 15 is 0 Å². The van der Waals surface area contributed by atoms with Gasteiger partial charge in [-0.15, -0.1) is 0 Å². The SMILES string of the molecule is CCC/C(Cl)=N/OC(NC(=O)Nc1ccc(C(F)(F)F)cc1)(C(=O)OCC)C(F)(F)F. The summed E-state index contributed by atoms with van der Waals surface area (Å²) < 4.78 is 83.4. The normalized spacial score (nSPS) is 14.4. The minimum absolute atomic E-state index is 0.0239. The van der Waals surface area contributed by atoms with Crippen LogP contribution in [-0.2, 0) is 20.5 Å². The number of urea groups is 1. The van der Waals surface area contributed by atoms with Crippen molar-refractivity contribution < 1.29 is 45.5 Å². The van der Waals surface area contributed by atoms with Crippen molar-refractivity contribution in [3.05, 3.63) is 29.8 Å². The van der Waals surface area contributed by atoms with E-state index < -0.39 is 47.4 Å². The number of benzene rings is 1. The monoisotopic (exact) mass is 477 g/mol.